The molecule has 3 atom stereocenters. The summed E-state index contributed by atoms with van der Waals surface area (Å²) in [5.74, 6) is 0.136. The highest BCUT2D eigenvalue weighted by atomic mass is 16.5. The van der Waals surface area contributed by atoms with E-state index in [4.69, 9.17) is 10.00 Å². The van der Waals surface area contributed by atoms with Crippen LogP contribution in [0.2, 0.25) is 0 Å². The molecule has 4 rings (SSSR count). The molecule has 27 heavy (non-hydrogen) atoms. The first-order valence-corrected chi connectivity index (χ1v) is 8.98. The Hall–Kier alpha value is -3.26. The first-order chi connectivity index (χ1) is 13.1. The highest BCUT2D eigenvalue weighted by molar-refractivity contribution is 5.90. The van der Waals surface area contributed by atoms with Crippen molar-refractivity contribution in [2.75, 3.05) is 11.9 Å². The molecule has 0 aromatic heterocycles. The smallest absolute Gasteiger partial charge is 0.174 e. The van der Waals surface area contributed by atoms with Crippen LogP contribution in [0.15, 0.2) is 48.6 Å². The fraction of sp³-hybridized carbons (Fsp3) is 0.273. The predicted molar refractivity (Wildman–Crippen MR) is 99.4 cm³/mol. The zero-order valence-corrected chi connectivity index (χ0v) is 14.9. The third-order valence-corrected chi connectivity index (χ3v) is 5.56. The van der Waals surface area contributed by atoms with E-state index in [0.29, 0.717) is 17.2 Å². The number of hydrogen-bond donors (Lipinski definition) is 1. The molecule has 0 spiro atoms. The van der Waals surface area contributed by atoms with Crippen LogP contribution < -0.4 is 15.2 Å². The molecule has 1 heterocycles. The van der Waals surface area contributed by atoms with E-state index in [1.54, 1.807) is 6.07 Å². The van der Waals surface area contributed by atoms with Crippen molar-refractivity contribution >= 4 is 11.7 Å². The number of carboxylic acids is 1. The van der Waals surface area contributed by atoms with Gasteiger partial charge in [0.2, 0.25) is 0 Å². The monoisotopic (exact) mass is 359 g/mol. The number of carbonyl (C=O) groups is 1. The molecule has 0 fully saturated rings. The molecule has 1 N–H and O–H groups in total. The number of aromatic carboxylic acids is 1. The van der Waals surface area contributed by atoms with E-state index >= 15 is 0 Å². The Morgan fingerprint density at radius 1 is 1.30 bits per heavy atom. The summed E-state index contributed by atoms with van der Waals surface area (Å²) in [5, 5.41) is 23.6. The van der Waals surface area contributed by atoms with E-state index in [1.807, 2.05) is 43.3 Å². The van der Waals surface area contributed by atoms with Crippen LogP contribution in [0.5, 0.6) is 5.75 Å². The van der Waals surface area contributed by atoms with Crippen molar-refractivity contribution in [1.82, 2.24) is 0 Å². The number of carbonyl (C=O) groups excluding carboxylic acids is 1. The summed E-state index contributed by atoms with van der Waals surface area (Å²) < 4.78 is 5.34. The fourth-order valence-corrected chi connectivity index (χ4v) is 4.25. The molecule has 0 radical (unpaired) electrons. The lowest BCUT2D eigenvalue weighted by Crippen LogP contribution is -2.31. The van der Waals surface area contributed by atoms with Gasteiger partial charge in [0.15, 0.2) is 6.61 Å². The molecular formula is C22H19N2O3-. The maximum absolute atomic E-state index is 11.4. The molecule has 136 valence electrons. The van der Waals surface area contributed by atoms with Crippen LogP contribution >= 0.6 is 0 Å². The van der Waals surface area contributed by atoms with Crippen LogP contribution in [0.1, 0.15) is 45.4 Å². The van der Waals surface area contributed by atoms with Gasteiger partial charge >= 0.3 is 0 Å². The third-order valence-electron chi connectivity index (χ3n) is 5.56. The molecule has 0 bridgehead atoms. The van der Waals surface area contributed by atoms with Gasteiger partial charge in [-0.3, -0.25) is 0 Å². The summed E-state index contributed by atoms with van der Waals surface area (Å²) in [6.07, 6.45) is 5.39. The van der Waals surface area contributed by atoms with Gasteiger partial charge in [0, 0.05) is 17.2 Å². The van der Waals surface area contributed by atoms with Crippen LogP contribution in [0.3, 0.4) is 0 Å². The summed E-state index contributed by atoms with van der Waals surface area (Å²) >= 11 is 0. The lowest BCUT2D eigenvalue weighted by molar-refractivity contribution is -0.255. The first kappa shape index (κ1) is 17.2. The second kappa shape index (κ2) is 6.81. The standard InChI is InChI=1S/C22H20N2O3/c1-13-16(22(25)26)9-10-19-17-3-2-4-18(17)21(24-20(13)19)14-5-7-15(8-6-14)27-12-11-23/h2-3,5-10,17-18,21,24H,4,12H2,1H3,(H,25,26)/p-1/t17-,18-,21-/m0/s1. The second-order valence-electron chi connectivity index (χ2n) is 6.98. The minimum absolute atomic E-state index is 0.0220. The van der Waals surface area contributed by atoms with Gasteiger partial charge in [-0.1, -0.05) is 36.4 Å². The largest absolute Gasteiger partial charge is 0.545 e. The molecule has 0 saturated heterocycles. The van der Waals surface area contributed by atoms with E-state index in [0.717, 1.165) is 23.2 Å². The maximum atomic E-state index is 11.4. The normalized spacial score (nSPS) is 22.3. The molecule has 5 heteroatoms. The molecule has 2 aliphatic rings. The number of rotatable bonds is 4. The van der Waals surface area contributed by atoms with E-state index < -0.39 is 5.97 Å². The fourth-order valence-electron chi connectivity index (χ4n) is 4.25. The Balaban J connectivity index is 1.71. The summed E-state index contributed by atoms with van der Waals surface area (Å²) in [5.41, 5.74) is 4.08. The second-order valence-corrected chi connectivity index (χ2v) is 6.98. The zero-order chi connectivity index (χ0) is 19.0. The van der Waals surface area contributed by atoms with Gasteiger partial charge < -0.3 is 20.0 Å². The van der Waals surface area contributed by atoms with Crippen LogP contribution in [-0.4, -0.2) is 12.6 Å². The highest BCUT2D eigenvalue weighted by Gasteiger charge is 2.38. The number of ether oxygens (including phenoxy) is 1. The first-order valence-electron chi connectivity index (χ1n) is 8.98. The Labute approximate surface area is 157 Å². The van der Waals surface area contributed by atoms with Gasteiger partial charge in [0.25, 0.3) is 0 Å². The van der Waals surface area contributed by atoms with Crippen LogP contribution in [-0.2, 0) is 0 Å². The highest BCUT2D eigenvalue weighted by Crippen LogP contribution is 2.51. The van der Waals surface area contributed by atoms with Gasteiger partial charge in [-0.2, -0.15) is 5.26 Å². The van der Waals surface area contributed by atoms with Crippen molar-refractivity contribution in [3.63, 3.8) is 0 Å². The number of anilines is 1. The van der Waals surface area contributed by atoms with Gasteiger partial charge in [0.05, 0.1) is 12.0 Å². The molecule has 1 aliphatic carbocycles. The van der Waals surface area contributed by atoms with E-state index in [9.17, 15) is 9.90 Å². The third kappa shape index (κ3) is 2.93. The molecule has 2 aromatic rings. The minimum atomic E-state index is -1.16. The lowest BCUT2D eigenvalue weighted by Gasteiger charge is -2.39. The van der Waals surface area contributed by atoms with Crippen LogP contribution in [0.4, 0.5) is 5.69 Å². The molecular weight excluding hydrogens is 340 g/mol. The molecule has 0 unspecified atom stereocenters. The van der Waals surface area contributed by atoms with Crippen molar-refractivity contribution in [1.29, 1.82) is 5.26 Å². The number of nitrogens with one attached hydrogen (secondary N) is 1. The average molecular weight is 359 g/mol. The van der Waals surface area contributed by atoms with E-state index in [1.165, 1.54) is 0 Å². The van der Waals surface area contributed by atoms with Gasteiger partial charge in [-0.15, -0.1) is 0 Å². The summed E-state index contributed by atoms with van der Waals surface area (Å²) in [4.78, 5) is 11.4. The summed E-state index contributed by atoms with van der Waals surface area (Å²) in [6.45, 7) is 1.85. The van der Waals surface area contributed by atoms with Crippen molar-refractivity contribution in [3.8, 4) is 11.8 Å². The molecule has 0 saturated carbocycles. The Bertz CT molecular complexity index is 957. The van der Waals surface area contributed by atoms with Gasteiger partial charge in [-0.25, -0.2) is 0 Å². The molecule has 2 aromatic carbocycles. The van der Waals surface area contributed by atoms with Crippen molar-refractivity contribution in [2.45, 2.75) is 25.3 Å². The number of hydrogen-bond acceptors (Lipinski definition) is 5. The number of nitriles is 1. The average Bonchev–Trinajstić information content (AvgIpc) is 3.16. The Morgan fingerprint density at radius 2 is 2.07 bits per heavy atom. The SMILES string of the molecule is Cc1c(C(=O)[O-])ccc2c1N[C@@H](c1ccc(OCC#N)cc1)[C@H]1CC=C[C@H]21. The van der Waals surface area contributed by atoms with E-state index in [2.05, 4.69) is 17.5 Å². The predicted octanol–water partition coefficient (Wildman–Crippen LogP) is 3.09. The van der Waals surface area contributed by atoms with Crippen molar-refractivity contribution in [3.05, 3.63) is 70.8 Å². The number of nitrogens with zero attached hydrogens (tertiary/aromatic N) is 1. The Morgan fingerprint density at radius 3 is 2.78 bits per heavy atom. The lowest BCUT2D eigenvalue weighted by atomic mass is 9.76. The topological polar surface area (TPSA) is 85.2 Å². The summed E-state index contributed by atoms with van der Waals surface area (Å²) in [6, 6.07) is 13.3. The maximum Gasteiger partial charge on any atom is 0.174 e. The molecule has 1 aliphatic heterocycles. The number of benzene rings is 2. The van der Waals surface area contributed by atoms with Gasteiger partial charge in [-0.05, 0) is 48.1 Å². The molecule has 5 nitrogen and oxygen atoms in total. The molecule has 0 amide bonds. The van der Waals surface area contributed by atoms with Crippen LogP contribution in [0, 0.1) is 24.2 Å². The Kier molecular flexibility index (Phi) is 4.33. The summed E-state index contributed by atoms with van der Waals surface area (Å²) in [7, 11) is 0. The number of carboxylic acid groups (broad SMARTS) is 1. The number of allylic oxidation sites excluding steroid dienone is 2. The minimum Gasteiger partial charge on any atom is -0.545 e. The van der Waals surface area contributed by atoms with E-state index in [-0.39, 0.29) is 24.1 Å². The van der Waals surface area contributed by atoms with Crippen molar-refractivity contribution < 1.29 is 14.6 Å². The number of fused-ring (bicyclic) bond motifs is 3. The zero-order valence-electron chi connectivity index (χ0n) is 14.9. The van der Waals surface area contributed by atoms with Gasteiger partial charge in [0.1, 0.15) is 11.8 Å². The van der Waals surface area contributed by atoms with Crippen LogP contribution in [0.25, 0.3) is 0 Å². The van der Waals surface area contributed by atoms with Crippen molar-refractivity contribution in [2.24, 2.45) is 5.92 Å². The quantitative estimate of drug-likeness (QED) is 0.848.